The average molecular weight is 525 g/mol. The fourth-order valence-electron chi connectivity index (χ4n) is 5.50. The predicted molar refractivity (Wildman–Crippen MR) is 133 cm³/mol. The first kappa shape index (κ1) is 24.6. The lowest BCUT2D eigenvalue weighted by molar-refractivity contribution is -0.138. The molecular formula is C27H27F3N6O2. The van der Waals surface area contributed by atoms with Gasteiger partial charge in [0, 0.05) is 36.6 Å². The summed E-state index contributed by atoms with van der Waals surface area (Å²) in [4.78, 5) is 30.7. The number of benzene rings is 1. The Morgan fingerprint density at radius 1 is 1.18 bits per heavy atom. The van der Waals surface area contributed by atoms with Crippen molar-refractivity contribution >= 4 is 23.8 Å². The van der Waals surface area contributed by atoms with Gasteiger partial charge in [-0.3, -0.25) is 14.5 Å². The van der Waals surface area contributed by atoms with Gasteiger partial charge in [0.2, 0.25) is 0 Å². The first-order valence-corrected chi connectivity index (χ1v) is 12.8. The van der Waals surface area contributed by atoms with E-state index >= 15 is 0 Å². The third-order valence-corrected chi connectivity index (χ3v) is 8.09. The second-order valence-corrected chi connectivity index (χ2v) is 10.7. The van der Waals surface area contributed by atoms with Crippen molar-refractivity contribution in [2.75, 3.05) is 16.8 Å². The molecule has 0 unspecified atom stereocenters. The molecular weight excluding hydrogens is 497 g/mol. The van der Waals surface area contributed by atoms with E-state index in [1.54, 1.807) is 6.33 Å². The zero-order valence-corrected chi connectivity index (χ0v) is 20.9. The van der Waals surface area contributed by atoms with E-state index in [1.165, 1.54) is 11.0 Å². The van der Waals surface area contributed by atoms with Gasteiger partial charge in [0.25, 0.3) is 5.91 Å². The first-order valence-electron chi connectivity index (χ1n) is 12.8. The number of aldehydes is 1. The minimum absolute atomic E-state index is 0.112. The summed E-state index contributed by atoms with van der Waals surface area (Å²) in [6.07, 6.45) is 3.12. The number of fused-ring (bicyclic) bond motifs is 1. The highest BCUT2D eigenvalue weighted by Gasteiger charge is 2.43. The Hall–Kier alpha value is -3.76. The highest BCUT2D eigenvalue weighted by atomic mass is 19.4. The lowest BCUT2D eigenvalue weighted by Gasteiger charge is -2.42. The molecule has 2 aromatic heterocycles. The Morgan fingerprint density at radius 2 is 1.97 bits per heavy atom. The van der Waals surface area contributed by atoms with Gasteiger partial charge in [-0.05, 0) is 67.0 Å². The summed E-state index contributed by atoms with van der Waals surface area (Å²) in [5, 5.41) is 11.7. The van der Waals surface area contributed by atoms with Crippen molar-refractivity contribution in [3.63, 3.8) is 0 Å². The number of carbonyl (C=O) groups is 2. The summed E-state index contributed by atoms with van der Waals surface area (Å²) >= 11 is 0. The third-order valence-electron chi connectivity index (χ3n) is 8.09. The number of nitrogens with zero attached hydrogens (tertiary/aromatic N) is 5. The number of aryl methyl sites for hydroxylation is 1. The average Bonchev–Trinajstić information content (AvgIpc) is 3.52. The number of halogens is 3. The monoisotopic (exact) mass is 524 g/mol. The molecule has 3 aromatic rings. The Bertz CT molecular complexity index is 1420. The van der Waals surface area contributed by atoms with Gasteiger partial charge < -0.3 is 9.88 Å². The van der Waals surface area contributed by atoms with Gasteiger partial charge in [-0.1, -0.05) is 6.42 Å². The number of carbonyl (C=O) groups excluding carboxylic acids is 2. The molecule has 0 radical (unpaired) electrons. The summed E-state index contributed by atoms with van der Waals surface area (Å²) < 4.78 is 43.5. The molecule has 2 fully saturated rings. The lowest BCUT2D eigenvalue weighted by Crippen LogP contribution is -2.38. The molecule has 0 saturated heterocycles. The number of amides is 1. The van der Waals surface area contributed by atoms with Crippen molar-refractivity contribution in [1.29, 1.82) is 0 Å². The van der Waals surface area contributed by atoms with Crippen LogP contribution < -0.4 is 10.2 Å². The predicted octanol–water partition coefficient (Wildman–Crippen LogP) is 4.69. The van der Waals surface area contributed by atoms with Crippen molar-refractivity contribution in [2.24, 2.45) is 13.0 Å². The van der Waals surface area contributed by atoms with E-state index in [0.29, 0.717) is 30.3 Å². The van der Waals surface area contributed by atoms with Crippen LogP contribution in [0.3, 0.4) is 0 Å². The molecule has 6 rings (SSSR count). The van der Waals surface area contributed by atoms with Crippen LogP contribution in [0.1, 0.15) is 75.3 Å². The van der Waals surface area contributed by atoms with Crippen molar-refractivity contribution in [3.8, 4) is 0 Å². The van der Waals surface area contributed by atoms with Gasteiger partial charge in [-0.2, -0.15) is 13.2 Å². The third kappa shape index (κ3) is 4.33. The Kier molecular flexibility index (Phi) is 5.77. The maximum absolute atomic E-state index is 13.9. The minimum atomic E-state index is -4.70. The van der Waals surface area contributed by atoms with E-state index < -0.39 is 17.6 Å². The van der Waals surface area contributed by atoms with Crippen LogP contribution in [0.5, 0.6) is 0 Å². The number of aromatic nitrogens is 4. The number of hydrogen-bond donors (Lipinski definition) is 1. The number of pyridine rings is 1. The highest BCUT2D eigenvalue weighted by molar-refractivity contribution is 6.10. The molecule has 2 aliphatic carbocycles. The molecule has 0 atom stereocenters. The molecule has 8 nitrogen and oxygen atoms in total. The van der Waals surface area contributed by atoms with Gasteiger partial charge >= 0.3 is 6.18 Å². The van der Waals surface area contributed by atoms with Gasteiger partial charge in [0.15, 0.2) is 0 Å². The quantitative estimate of drug-likeness (QED) is 0.430. The molecule has 11 heteroatoms. The van der Waals surface area contributed by atoms with E-state index in [2.05, 4.69) is 20.5 Å². The summed E-state index contributed by atoms with van der Waals surface area (Å²) in [7, 11) is 1.90. The smallest absolute Gasteiger partial charge is 0.370 e. The molecule has 1 aromatic carbocycles. The zero-order chi connectivity index (χ0) is 26.7. The van der Waals surface area contributed by atoms with Crippen LogP contribution >= 0.6 is 0 Å². The number of nitrogens with one attached hydrogen (secondary N) is 1. The summed E-state index contributed by atoms with van der Waals surface area (Å²) in [5.41, 5.74) is -0.648. The van der Waals surface area contributed by atoms with Crippen LogP contribution in [0.2, 0.25) is 0 Å². The molecule has 0 spiro atoms. The van der Waals surface area contributed by atoms with Gasteiger partial charge in [0.05, 0.1) is 12.1 Å². The van der Waals surface area contributed by atoms with Crippen molar-refractivity contribution in [2.45, 2.75) is 56.7 Å². The molecule has 3 heterocycles. The van der Waals surface area contributed by atoms with Crippen molar-refractivity contribution < 1.29 is 22.8 Å². The molecule has 0 bridgehead atoms. The second kappa shape index (κ2) is 8.92. The maximum atomic E-state index is 13.9. The number of anilines is 2. The molecule has 1 aliphatic heterocycles. The number of rotatable bonds is 8. The summed E-state index contributed by atoms with van der Waals surface area (Å²) in [6, 6.07) is 5.87. The van der Waals surface area contributed by atoms with Crippen LogP contribution in [0.25, 0.3) is 0 Å². The highest BCUT2D eigenvalue weighted by Crippen LogP contribution is 2.48. The van der Waals surface area contributed by atoms with E-state index in [9.17, 15) is 22.8 Å². The molecule has 2 saturated carbocycles. The Balaban J connectivity index is 1.41. The first-order chi connectivity index (χ1) is 18.2. The van der Waals surface area contributed by atoms with Crippen LogP contribution in [-0.2, 0) is 31.6 Å². The molecule has 38 heavy (non-hydrogen) atoms. The van der Waals surface area contributed by atoms with Crippen LogP contribution in [0.15, 0.2) is 30.6 Å². The standard InChI is InChI=1S/C27H27F3N6O2/c1-35-15-32-34-24(35)11-26(5-2-6-26)18-9-22(31-12-16-3-4-16)33-23(10-18)36-13-20-19(25(36)38)7-17(14-37)8-21(20)27(28,29)30/h7-10,14-16H,2-6,11-13H2,1H3,(H,31,33). The van der Waals surface area contributed by atoms with Crippen LogP contribution in [0, 0.1) is 5.92 Å². The summed E-state index contributed by atoms with van der Waals surface area (Å²) in [5.74, 6) is 1.72. The van der Waals surface area contributed by atoms with Gasteiger partial charge in [-0.25, -0.2) is 4.98 Å². The van der Waals surface area contributed by atoms with E-state index in [0.717, 1.165) is 56.1 Å². The van der Waals surface area contributed by atoms with Crippen molar-refractivity contribution in [3.05, 3.63) is 64.2 Å². The molecule has 198 valence electrons. The maximum Gasteiger partial charge on any atom is 0.416 e. The molecule has 3 aliphatic rings. The fourth-order valence-corrected chi connectivity index (χ4v) is 5.50. The van der Waals surface area contributed by atoms with Gasteiger partial charge in [-0.15, -0.1) is 10.2 Å². The Morgan fingerprint density at radius 3 is 2.58 bits per heavy atom. The van der Waals surface area contributed by atoms with Crippen LogP contribution in [0.4, 0.5) is 24.8 Å². The van der Waals surface area contributed by atoms with E-state index in [4.69, 9.17) is 0 Å². The largest absolute Gasteiger partial charge is 0.416 e. The fraction of sp³-hybridized carbons (Fsp3) is 0.444. The minimum Gasteiger partial charge on any atom is -0.370 e. The van der Waals surface area contributed by atoms with E-state index in [-0.39, 0.29) is 28.7 Å². The SMILES string of the molecule is Cn1cnnc1CC1(c2cc(NCC3CC3)nc(N3Cc4c(cc(C=O)cc4C(F)(F)F)C3=O)c2)CCC1. The van der Waals surface area contributed by atoms with Crippen LogP contribution in [-0.4, -0.2) is 38.5 Å². The summed E-state index contributed by atoms with van der Waals surface area (Å²) in [6.45, 7) is 0.484. The topological polar surface area (TPSA) is 93.0 Å². The molecule has 1 amide bonds. The van der Waals surface area contributed by atoms with Gasteiger partial charge in [0.1, 0.15) is 30.1 Å². The van der Waals surface area contributed by atoms with E-state index in [1.807, 2.05) is 23.7 Å². The Labute approximate surface area is 217 Å². The normalized spacial score (nSPS) is 18.3. The molecule has 1 N–H and O–H groups in total. The number of hydrogen-bond acceptors (Lipinski definition) is 6. The second-order valence-electron chi connectivity index (χ2n) is 10.7. The zero-order valence-electron chi connectivity index (χ0n) is 20.9. The lowest BCUT2D eigenvalue weighted by atomic mass is 9.62. The van der Waals surface area contributed by atoms with Crippen molar-refractivity contribution in [1.82, 2.24) is 19.7 Å². The number of alkyl halides is 3.